The number of nitrogens with zero attached hydrogens (tertiary/aromatic N) is 4. The average Bonchev–Trinajstić information content (AvgIpc) is 3.42. The molecule has 0 radical (unpaired) electrons. The minimum Gasteiger partial charge on any atom is -0.208 e. The molecule has 1 aliphatic rings. The van der Waals surface area contributed by atoms with Gasteiger partial charge in [0.1, 0.15) is 0 Å². The Kier molecular flexibility index (Phi) is 7.38. The molecule has 0 saturated heterocycles. The van der Waals surface area contributed by atoms with E-state index in [-0.39, 0.29) is 5.41 Å². The highest BCUT2D eigenvalue weighted by Gasteiger charge is 2.35. The first-order chi connectivity index (χ1) is 25.4. The highest BCUT2D eigenvalue weighted by Crippen LogP contribution is 2.50. The Hall–Kier alpha value is -6.70. The molecule has 1 aliphatic carbocycles. The maximum absolute atomic E-state index is 9.56. The number of rotatable bonds is 5. The number of hydrogen-bond donors (Lipinski definition) is 0. The molecule has 52 heavy (non-hydrogen) atoms. The molecule has 246 valence electrons. The molecule has 0 spiro atoms. The minimum absolute atomic E-state index is 0.201. The van der Waals surface area contributed by atoms with Gasteiger partial charge in [-0.3, -0.25) is 0 Å². The van der Waals surface area contributed by atoms with Gasteiger partial charge in [-0.25, -0.2) is 15.0 Å². The van der Waals surface area contributed by atoms with Gasteiger partial charge in [-0.1, -0.05) is 147 Å². The van der Waals surface area contributed by atoms with Crippen LogP contribution in [0.4, 0.5) is 0 Å². The summed E-state index contributed by atoms with van der Waals surface area (Å²) in [6, 6.07) is 55.2. The molecule has 0 bridgehead atoms. The molecule has 0 fully saturated rings. The van der Waals surface area contributed by atoms with E-state index in [1.807, 2.05) is 54.6 Å². The normalized spacial score (nSPS) is 12.7. The summed E-state index contributed by atoms with van der Waals surface area (Å²) in [6.07, 6.45) is 0. The lowest BCUT2D eigenvalue weighted by Crippen LogP contribution is -2.15. The van der Waals surface area contributed by atoms with Crippen LogP contribution in [0, 0.1) is 18.3 Å². The average molecular weight is 667 g/mol. The largest absolute Gasteiger partial charge is 0.208 e. The lowest BCUT2D eigenvalue weighted by atomic mass is 9.81. The van der Waals surface area contributed by atoms with Crippen LogP contribution in [0.5, 0.6) is 0 Å². The molecule has 9 rings (SSSR count). The van der Waals surface area contributed by atoms with E-state index in [4.69, 9.17) is 15.0 Å². The predicted octanol–water partition coefficient (Wildman–Crippen LogP) is 11.8. The van der Waals surface area contributed by atoms with Crippen molar-refractivity contribution < 1.29 is 0 Å². The van der Waals surface area contributed by atoms with Crippen molar-refractivity contribution in [2.75, 3.05) is 0 Å². The standard InChI is InChI=1S/C48H34N4/c1-30-11-7-9-15-37(30)46-50-45(35-13-5-4-6-14-35)51-47(52-46)44-38-16-10-8-12-33(38)22-25-39(44)34-20-18-32(19-21-34)36-23-26-41-40-24-17-31(29-49)27-42(40)48(2,3)43(41)28-36/h4-28H,1-3H3. The summed E-state index contributed by atoms with van der Waals surface area (Å²) in [4.78, 5) is 15.4. The summed E-state index contributed by atoms with van der Waals surface area (Å²) in [5, 5.41) is 11.8. The molecule has 0 saturated carbocycles. The van der Waals surface area contributed by atoms with Crippen LogP contribution in [0.3, 0.4) is 0 Å². The number of benzene rings is 7. The maximum Gasteiger partial charge on any atom is 0.165 e. The van der Waals surface area contributed by atoms with Crippen LogP contribution >= 0.6 is 0 Å². The van der Waals surface area contributed by atoms with Gasteiger partial charge in [-0.15, -0.1) is 0 Å². The summed E-state index contributed by atoms with van der Waals surface area (Å²) < 4.78 is 0. The van der Waals surface area contributed by atoms with E-state index in [1.54, 1.807) is 0 Å². The third kappa shape index (κ3) is 5.18. The fourth-order valence-electron chi connectivity index (χ4n) is 7.73. The molecule has 1 aromatic heterocycles. The van der Waals surface area contributed by atoms with E-state index in [0.717, 1.165) is 49.7 Å². The van der Waals surface area contributed by atoms with E-state index in [2.05, 4.69) is 124 Å². The first-order valence-electron chi connectivity index (χ1n) is 17.6. The summed E-state index contributed by atoms with van der Waals surface area (Å²) in [5.74, 6) is 1.94. The fraction of sp³-hybridized carbons (Fsp3) is 0.0833. The lowest BCUT2D eigenvalue weighted by Gasteiger charge is -2.22. The second-order valence-corrected chi connectivity index (χ2v) is 14.0. The third-order valence-electron chi connectivity index (χ3n) is 10.5. The number of aryl methyl sites for hydroxylation is 1. The van der Waals surface area contributed by atoms with E-state index in [1.165, 1.54) is 27.8 Å². The number of nitriles is 1. The fourth-order valence-corrected chi connectivity index (χ4v) is 7.73. The van der Waals surface area contributed by atoms with Crippen molar-refractivity contribution in [1.82, 2.24) is 15.0 Å². The van der Waals surface area contributed by atoms with Gasteiger partial charge in [0.25, 0.3) is 0 Å². The van der Waals surface area contributed by atoms with Crippen LogP contribution in [0.25, 0.3) is 78.3 Å². The van der Waals surface area contributed by atoms with Crippen LogP contribution in [-0.4, -0.2) is 15.0 Å². The molecule has 4 nitrogen and oxygen atoms in total. The predicted molar refractivity (Wildman–Crippen MR) is 212 cm³/mol. The maximum atomic E-state index is 9.56. The Labute approximate surface area is 303 Å². The summed E-state index contributed by atoms with van der Waals surface area (Å²) in [7, 11) is 0. The second-order valence-electron chi connectivity index (χ2n) is 14.0. The molecule has 1 heterocycles. The zero-order valence-electron chi connectivity index (χ0n) is 29.2. The van der Waals surface area contributed by atoms with Crippen molar-refractivity contribution in [1.29, 1.82) is 5.26 Å². The van der Waals surface area contributed by atoms with Crippen LogP contribution in [0.15, 0.2) is 152 Å². The van der Waals surface area contributed by atoms with Crippen molar-refractivity contribution in [2.24, 2.45) is 0 Å². The molecule has 0 aliphatic heterocycles. The van der Waals surface area contributed by atoms with Gasteiger partial charge in [0.2, 0.25) is 0 Å². The Balaban J connectivity index is 1.17. The van der Waals surface area contributed by atoms with Crippen molar-refractivity contribution in [2.45, 2.75) is 26.2 Å². The van der Waals surface area contributed by atoms with E-state index in [9.17, 15) is 5.26 Å². The van der Waals surface area contributed by atoms with Crippen molar-refractivity contribution >= 4 is 10.8 Å². The first kappa shape index (κ1) is 31.3. The topological polar surface area (TPSA) is 62.5 Å². The smallest absolute Gasteiger partial charge is 0.165 e. The van der Waals surface area contributed by atoms with Gasteiger partial charge < -0.3 is 0 Å². The summed E-state index contributed by atoms with van der Waals surface area (Å²) in [5.41, 5.74) is 13.9. The van der Waals surface area contributed by atoms with Gasteiger partial charge in [0.05, 0.1) is 11.6 Å². The molecular weight excluding hydrogens is 633 g/mol. The molecule has 0 unspecified atom stereocenters. The molecule has 0 amide bonds. The van der Waals surface area contributed by atoms with Gasteiger partial charge in [-0.05, 0) is 86.0 Å². The highest BCUT2D eigenvalue weighted by atomic mass is 15.0. The SMILES string of the molecule is Cc1ccccc1-c1nc(-c2ccccc2)nc(-c2c(-c3ccc(-c4ccc5c(c4)C(C)(C)c4cc(C#N)ccc4-5)cc3)ccc3ccccc23)n1. The van der Waals surface area contributed by atoms with Crippen molar-refractivity contribution in [3.8, 4) is 73.6 Å². The van der Waals surface area contributed by atoms with Crippen LogP contribution < -0.4 is 0 Å². The van der Waals surface area contributed by atoms with Gasteiger partial charge in [-0.2, -0.15) is 5.26 Å². The van der Waals surface area contributed by atoms with Gasteiger partial charge in [0.15, 0.2) is 17.5 Å². The number of aromatic nitrogens is 3. The molecule has 0 N–H and O–H groups in total. The zero-order valence-corrected chi connectivity index (χ0v) is 29.2. The molecule has 4 heteroatoms. The Morgan fingerprint density at radius 2 is 1.10 bits per heavy atom. The van der Waals surface area contributed by atoms with Crippen LogP contribution in [0.2, 0.25) is 0 Å². The highest BCUT2D eigenvalue weighted by molar-refractivity contribution is 6.03. The molecule has 7 aromatic carbocycles. The molecule has 0 atom stereocenters. The van der Waals surface area contributed by atoms with E-state index < -0.39 is 0 Å². The Morgan fingerprint density at radius 1 is 0.481 bits per heavy atom. The van der Waals surface area contributed by atoms with Crippen molar-refractivity contribution in [3.63, 3.8) is 0 Å². The first-order valence-corrected chi connectivity index (χ1v) is 17.6. The Bertz CT molecular complexity index is 2720. The van der Waals surface area contributed by atoms with Gasteiger partial charge in [0, 0.05) is 22.1 Å². The van der Waals surface area contributed by atoms with Crippen LogP contribution in [0.1, 0.15) is 36.1 Å². The Morgan fingerprint density at radius 3 is 1.88 bits per heavy atom. The molecular formula is C48H34N4. The van der Waals surface area contributed by atoms with Gasteiger partial charge >= 0.3 is 0 Å². The summed E-state index contributed by atoms with van der Waals surface area (Å²) >= 11 is 0. The second kappa shape index (κ2) is 12.3. The third-order valence-corrected chi connectivity index (χ3v) is 10.5. The van der Waals surface area contributed by atoms with Crippen LogP contribution in [-0.2, 0) is 5.41 Å². The van der Waals surface area contributed by atoms with E-state index in [0.29, 0.717) is 23.0 Å². The van der Waals surface area contributed by atoms with Crippen molar-refractivity contribution in [3.05, 3.63) is 174 Å². The lowest BCUT2D eigenvalue weighted by molar-refractivity contribution is 0.660. The number of hydrogen-bond acceptors (Lipinski definition) is 4. The quantitative estimate of drug-likeness (QED) is 0.183. The monoisotopic (exact) mass is 666 g/mol. The number of fused-ring (bicyclic) bond motifs is 4. The molecule has 8 aromatic rings. The van der Waals surface area contributed by atoms with E-state index >= 15 is 0 Å². The summed E-state index contributed by atoms with van der Waals surface area (Å²) in [6.45, 7) is 6.60. The minimum atomic E-state index is -0.201. The zero-order chi connectivity index (χ0) is 35.4.